The molecule has 0 bridgehead atoms. The fraction of sp³-hybridized carbons (Fsp3) is 0.276. The van der Waals surface area contributed by atoms with E-state index in [1.807, 2.05) is 6.07 Å². The number of rotatable bonds is 8. The average Bonchev–Trinajstić information content (AvgIpc) is 3.54. The number of fused-ring (bicyclic) bond motifs is 1. The van der Waals surface area contributed by atoms with Crippen LogP contribution in [0.2, 0.25) is 0 Å². The highest BCUT2D eigenvalue weighted by Gasteiger charge is 2.49. The average molecular weight is 545 g/mol. The van der Waals surface area contributed by atoms with Crippen LogP contribution in [0, 0.1) is 13.8 Å². The van der Waals surface area contributed by atoms with E-state index in [9.17, 15) is 19.5 Å². The van der Waals surface area contributed by atoms with Crippen molar-refractivity contribution in [1.82, 2.24) is 14.4 Å². The number of amides is 1. The first-order valence-corrected chi connectivity index (χ1v) is 13.5. The summed E-state index contributed by atoms with van der Waals surface area (Å²) in [6, 6.07) is 11.5. The summed E-state index contributed by atoms with van der Waals surface area (Å²) in [5.41, 5.74) is 2.37. The molecule has 1 amide bonds. The van der Waals surface area contributed by atoms with Crippen LogP contribution >= 0.6 is 11.3 Å². The second-order valence-corrected chi connectivity index (χ2v) is 10.4. The number of hydrogen-bond donors (Lipinski definition) is 1. The number of aliphatic hydroxyl groups is 1. The number of thiazole rings is 1. The van der Waals surface area contributed by atoms with Gasteiger partial charge in [0.25, 0.3) is 5.78 Å². The lowest BCUT2D eigenvalue weighted by Crippen LogP contribution is -2.29. The molecule has 9 nitrogen and oxygen atoms in total. The zero-order valence-corrected chi connectivity index (χ0v) is 22.9. The Balaban J connectivity index is 1.73. The molecule has 0 spiro atoms. The predicted molar refractivity (Wildman–Crippen MR) is 148 cm³/mol. The molecule has 1 aromatic carbocycles. The largest absolute Gasteiger partial charge is 0.505 e. The smallest absolute Gasteiger partial charge is 0.301 e. The van der Waals surface area contributed by atoms with Gasteiger partial charge in [0.2, 0.25) is 0 Å². The Morgan fingerprint density at radius 3 is 2.62 bits per heavy atom. The third-order valence-electron chi connectivity index (χ3n) is 6.62. The van der Waals surface area contributed by atoms with Crippen molar-refractivity contribution in [1.29, 1.82) is 0 Å². The summed E-state index contributed by atoms with van der Waals surface area (Å²) < 4.78 is 7.58. The number of aryl methyl sites for hydroxylation is 2. The Bertz CT molecular complexity index is 1650. The van der Waals surface area contributed by atoms with Crippen LogP contribution in [0.15, 0.2) is 54.2 Å². The number of hydrogen-bond acceptors (Lipinski definition) is 8. The van der Waals surface area contributed by atoms with Crippen LogP contribution in [0.5, 0.6) is 5.75 Å². The topological polar surface area (TPSA) is 114 Å². The number of aliphatic hydroxyl groups excluding tert-OH is 1. The number of pyridine rings is 1. The lowest BCUT2D eigenvalue weighted by molar-refractivity contribution is -0.132. The molecule has 39 heavy (non-hydrogen) atoms. The number of unbranched alkanes of at least 4 members (excludes halogenated alkanes) is 1. The van der Waals surface area contributed by atoms with Gasteiger partial charge in [0.05, 0.1) is 34.5 Å². The molecule has 1 saturated heterocycles. The Labute approximate surface area is 229 Å². The number of benzene rings is 1. The highest BCUT2D eigenvalue weighted by Crippen LogP contribution is 2.44. The molecule has 4 aromatic rings. The van der Waals surface area contributed by atoms with E-state index in [-0.39, 0.29) is 22.2 Å². The van der Waals surface area contributed by atoms with Gasteiger partial charge in [-0.15, -0.1) is 0 Å². The first-order chi connectivity index (χ1) is 18.7. The molecule has 10 heteroatoms. The van der Waals surface area contributed by atoms with Gasteiger partial charge >= 0.3 is 5.91 Å². The van der Waals surface area contributed by atoms with Crippen LogP contribution < -0.4 is 9.64 Å². The summed E-state index contributed by atoms with van der Waals surface area (Å²) in [4.78, 5) is 50.0. The zero-order chi connectivity index (χ0) is 27.8. The highest BCUT2D eigenvalue weighted by atomic mass is 32.1. The van der Waals surface area contributed by atoms with Crippen LogP contribution in [0.1, 0.15) is 65.0 Å². The first kappa shape index (κ1) is 26.3. The summed E-state index contributed by atoms with van der Waals surface area (Å²) in [5.74, 6) is -1.63. The second kappa shape index (κ2) is 10.5. The number of aromatic nitrogens is 3. The van der Waals surface area contributed by atoms with E-state index in [0.29, 0.717) is 45.5 Å². The maximum atomic E-state index is 13.6. The van der Waals surface area contributed by atoms with Gasteiger partial charge in [-0.1, -0.05) is 42.9 Å². The minimum Gasteiger partial charge on any atom is -0.505 e. The Kier molecular flexibility index (Phi) is 7.05. The molecule has 200 valence electrons. The van der Waals surface area contributed by atoms with Gasteiger partial charge in [-0.2, -0.15) is 0 Å². The van der Waals surface area contributed by atoms with E-state index in [4.69, 9.17) is 4.74 Å². The van der Waals surface area contributed by atoms with Gasteiger partial charge in [-0.25, -0.2) is 9.97 Å². The minimum absolute atomic E-state index is 0.0864. The van der Waals surface area contributed by atoms with E-state index in [1.165, 1.54) is 11.8 Å². The van der Waals surface area contributed by atoms with Crippen molar-refractivity contribution >= 4 is 45.3 Å². The summed E-state index contributed by atoms with van der Waals surface area (Å²) in [6.45, 7) is 7.45. The van der Waals surface area contributed by atoms with Gasteiger partial charge in [0.15, 0.2) is 16.7 Å². The molecule has 5 rings (SSSR count). The third kappa shape index (κ3) is 4.61. The fourth-order valence-electron chi connectivity index (χ4n) is 4.79. The SMILES string of the molecule is CCCCOc1cccc(C2C(=C(O)c3c(C)nc4ccccn34)C(=O)C(=O)N2c2nc(C)c(C(C)=O)s2)c1. The van der Waals surface area contributed by atoms with Crippen molar-refractivity contribution < 1.29 is 24.2 Å². The van der Waals surface area contributed by atoms with Crippen LogP contribution in [-0.2, 0) is 9.59 Å². The van der Waals surface area contributed by atoms with Crippen LogP contribution in [-0.4, -0.2) is 43.6 Å². The van der Waals surface area contributed by atoms with Crippen molar-refractivity contribution in [2.75, 3.05) is 11.5 Å². The van der Waals surface area contributed by atoms with E-state index in [1.54, 1.807) is 60.8 Å². The summed E-state index contributed by atoms with van der Waals surface area (Å²) in [6.07, 6.45) is 3.59. The molecule has 3 aromatic heterocycles. The molecular weight excluding hydrogens is 516 g/mol. The van der Waals surface area contributed by atoms with Gasteiger partial charge in [-0.3, -0.25) is 23.7 Å². The minimum atomic E-state index is -1.00. The van der Waals surface area contributed by atoms with Crippen molar-refractivity contribution in [3.8, 4) is 5.75 Å². The summed E-state index contributed by atoms with van der Waals surface area (Å²) >= 11 is 1.05. The number of carbonyl (C=O) groups is 3. The molecule has 1 unspecified atom stereocenters. The normalized spacial score (nSPS) is 16.8. The van der Waals surface area contributed by atoms with E-state index < -0.39 is 17.7 Å². The molecular formula is C29H28N4O5S. The lowest BCUT2D eigenvalue weighted by atomic mass is 9.96. The van der Waals surface area contributed by atoms with Gasteiger partial charge in [0, 0.05) is 13.1 Å². The van der Waals surface area contributed by atoms with Gasteiger partial charge in [-0.05, 0) is 50.1 Å². The summed E-state index contributed by atoms with van der Waals surface area (Å²) in [5, 5.41) is 11.9. The molecule has 4 heterocycles. The number of ketones is 2. The Hall–Kier alpha value is -4.31. The monoisotopic (exact) mass is 544 g/mol. The predicted octanol–water partition coefficient (Wildman–Crippen LogP) is 5.42. The molecule has 1 fully saturated rings. The van der Waals surface area contributed by atoms with E-state index >= 15 is 0 Å². The standard InChI is InChI=1S/C29H28N4O5S/c1-5-6-14-38-20-11-9-10-19(15-20)24-22(25(35)23-16(2)30-21-12-7-8-13-32(21)23)26(36)28(37)33(24)29-31-17(3)27(39-29)18(4)34/h7-13,15,24,35H,5-6,14H2,1-4H3. The van der Waals surface area contributed by atoms with Crippen LogP contribution in [0.25, 0.3) is 11.4 Å². The number of carbonyl (C=O) groups excluding carboxylic acids is 3. The Morgan fingerprint density at radius 1 is 1.10 bits per heavy atom. The molecule has 1 N–H and O–H groups in total. The first-order valence-electron chi connectivity index (χ1n) is 12.7. The van der Waals surface area contributed by atoms with Crippen molar-refractivity contribution in [2.24, 2.45) is 0 Å². The van der Waals surface area contributed by atoms with E-state index in [0.717, 1.165) is 24.2 Å². The number of ether oxygens (including phenoxy) is 1. The lowest BCUT2D eigenvalue weighted by Gasteiger charge is -2.23. The van der Waals surface area contributed by atoms with Crippen LogP contribution in [0.4, 0.5) is 5.13 Å². The number of Topliss-reactive ketones (excluding diaryl/α,β-unsaturated/α-hetero) is 2. The highest BCUT2D eigenvalue weighted by molar-refractivity contribution is 7.18. The maximum Gasteiger partial charge on any atom is 0.301 e. The zero-order valence-electron chi connectivity index (χ0n) is 22.1. The van der Waals surface area contributed by atoms with Crippen molar-refractivity contribution in [2.45, 2.75) is 46.6 Å². The number of nitrogens with zero attached hydrogens (tertiary/aromatic N) is 4. The van der Waals surface area contributed by atoms with Crippen molar-refractivity contribution in [3.05, 3.63) is 81.8 Å². The maximum absolute atomic E-state index is 13.6. The van der Waals surface area contributed by atoms with Crippen LogP contribution in [0.3, 0.4) is 0 Å². The Morgan fingerprint density at radius 2 is 1.90 bits per heavy atom. The fourth-order valence-corrected chi connectivity index (χ4v) is 5.78. The second-order valence-electron chi connectivity index (χ2n) is 9.39. The molecule has 0 saturated carbocycles. The van der Waals surface area contributed by atoms with E-state index in [2.05, 4.69) is 16.9 Å². The van der Waals surface area contributed by atoms with Gasteiger partial charge < -0.3 is 9.84 Å². The summed E-state index contributed by atoms with van der Waals surface area (Å²) in [7, 11) is 0. The molecule has 1 atom stereocenters. The molecule has 0 radical (unpaired) electrons. The molecule has 1 aliphatic heterocycles. The van der Waals surface area contributed by atoms with Crippen molar-refractivity contribution in [3.63, 3.8) is 0 Å². The third-order valence-corrected chi connectivity index (χ3v) is 7.88. The number of anilines is 1. The number of imidazole rings is 1. The molecule has 1 aliphatic rings. The quantitative estimate of drug-likeness (QED) is 0.104. The molecule has 0 aliphatic carbocycles. The van der Waals surface area contributed by atoms with Gasteiger partial charge in [0.1, 0.15) is 17.1 Å².